The second-order valence-corrected chi connectivity index (χ2v) is 5.58. The van der Waals surface area contributed by atoms with Gasteiger partial charge in [0.25, 0.3) is 14.7 Å². The molecule has 0 radical (unpaired) electrons. The molecular formula is C8H4ClF2NO6S. The molecule has 0 saturated carbocycles. The molecule has 11 heteroatoms. The van der Waals surface area contributed by atoms with Crippen molar-refractivity contribution < 1.29 is 31.7 Å². The number of benzene rings is 1. The second kappa shape index (κ2) is 5.45. The first-order chi connectivity index (χ1) is 8.66. The minimum absolute atomic E-state index is 0.00927. The number of aldehydes is 1. The van der Waals surface area contributed by atoms with E-state index in [0.29, 0.717) is 12.1 Å². The second-order valence-electron chi connectivity index (χ2n) is 3.05. The lowest BCUT2D eigenvalue weighted by Crippen LogP contribution is -2.07. The summed E-state index contributed by atoms with van der Waals surface area (Å²) in [5.41, 5.74) is -1.62. The van der Waals surface area contributed by atoms with Gasteiger partial charge in [0, 0.05) is 22.8 Å². The molecule has 104 valence electrons. The Morgan fingerprint density at radius 2 is 2.00 bits per heavy atom. The highest BCUT2D eigenvalue weighted by atomic mass is 35.7. The van der Waals surface area contributed by atoms with E-state index >= 15 is 0 Å². The Morgan fingerprint density at radius 1 is 1.42 bits per heavy atom. The minimum Gasteiger partial charge on any atom is -0.434 e. The maximum Gasteiger partial charge on any atom is 0.387 e. The number of carbonyl (C=O) groups excluding carboxylic acids is 1. The van der Waals surface area contributed by atoms with Gasteiger partial charge in [-0.2, -0.15) is 8.78 Å². The van der Waals surface area contributed by atoms with Crippen molar-refractivity contribution in [2.75, 3.05) is 0 Å². The average Bonchev–Trinajstić information content (AvgIpc) is 2.26. The van der Waals surface area contributed by atoms with Crippen LogP contribution in [0.25, 0.3) is 0 Å². The van der Waals surface area contributed by atoms with Crippen molar-refractivity contribution in [3.63, 3.8) is 0 Å². The van der Waals surface area contributed by atoms with Crippen LogP contribution in [0.15, 0.2) is 17.0 Å². The van der Waals surface area contributed by atoms with E-state index in [0.717, 1.165) is 0 Å². The van der Waals surface area contributed by atoms with Gasteiger partial charge in [-0.15, -0.1) is 0 Å². The number of nitro groups is 1. The van der Waals surface area contributed by atoms with E-state index in [1.807, 2.05) is 0 Å². The van der Waals surface area contributed by atoms with Crippen LogP contribution in [-0.4, -0.2) is 26.2 Å². The van der Waals surface area contributed by atoms with Crippen molar-refractivity contribution in [2.24, 2.45) is 0 Å². The zero-order chi connectivity index (χ0) is 14.8. The van der Waals surface area contributed by atoms with Gasteiger partial charge >= 0.3 is 6.61 Å². The lowest BCUT2D eigenvalue weighted by Gasteiger charge is -2.08. The van der Waals surface area contributed by atoms with E-state index in [2.05, 4.69) is 4.74 Å². The molecule has 0 spiro atoms. The summed E-state index contributed by atoms with van der Waals surface area (Å²) >= 11 is 0. The van der Waals surface area contributed by atoms with E-state index in [1.165, 1.54) is 0 Å². The molecule has 0 fully saturated rings. The van der Waals surface area contributed by atoms with Gasteiger partial charge in [-0.1, -0.05) is 0 Å². The Balaban J connectivity index is 3.61. The van der Waals surface area contributed by atoms with Gasteiger partial charge < -0.3 is 4.74 Å². The Kier molecular flexibility index (Phi) is 4.37. The number of nitro benzene ring substituents is 1. The van der Waals surface area contributed by atoms with Gasteiger partial charge in [-0.05, 0) is 0 Å². The smallest absolute Gasteiger partial charge is 0.387 e. The molecule has 0 aliphatic carbocycles. The number of nitrogens with zero attached hydrogens (tertiary/aromatic N) is 1. The standard InChI is InChI=1S/C8H4ClF2NO6S/c9-19(16,17)7-2-6(18-8(10)11)4(3-13)1-5(7)12(14)15/h1-3,8H. The van der Waals surface area contributed by atoms with Gasteiger partial charge in [-0.25, -0.2) is 8.42 Å². The first-order valence-corrected chi connectivity index (χ1v) is 6.65. The van der Waals surface area contributed by atoms with Gasteiger partial charge in [0.2, 0.25) is 0 Å². The molecule has 0 unspecified atom stereocenters. The summed E-state index contributed by atoms with van der Waals surface area (Å²) < 4.78 is 50.3. The molecule has 7 nitrogen and oxygen atoms in total. The number of hydrogen-bond donors (Lipinski definition) is 0. The molecule has 1 aromatic rings. The van der Waals surface area contributed by atoms with Crippen molar-refractivity contribution >= 4 is 31.7 Å². The predicted octanol–water partition coefficient (Wildman–Crippen LogP) is 1.94. The molecule has 0 aliphatic rings. The van der Waals surface area contributed by atoms with Crippen LogP contribution in [0.3, 0.4) is 0 Å². The highest BCUT2D eigenvalue weighted by Gasteiger charge is 2.28. The predicted molar refractivity (Wildman–Crippen MR) is 58.2 cm³/mol. The number of alkyl halides is 2. The molecule has 1 rings (SSSR count). The van der Waals surface area contributed by atoms with Gasteiger partial charge in [0.15, 0.2) is 11.2 Å². The molecule has 19 heavy (non-hydrogen) atoms. The molecule has 0 N–H and O–H groups in total. The van der Waals surface area contributed by atoms with Crippen molar-refractivity contribution in [3.05, 3.63) is 27.8 Å². The summed E-state index contributed by atoms with van der Waals surface area (Å²) in [6.07, 6.45) is 0.00927. The minimum atomic E-state index is -4.57. The normalized spacial score (nSPS) is 11.4. The fourth-order valence-corrected chi connectivity index (χ4v) is 2.20. The number of carbonyl (C=O) groups is 1. The van der Waals surface area contributed by atoms with Crippen molar-refractivity contribution in [3.8, 4) is 5.75 Å². The van der Waals surface area contributed by atoms with Crippen LogP contribution in [0.4, 0.5) is 14.5 Å². The largest absolute Gasteiger partial charge is 0.434 e. The Morgan fingerprint density at radius 3 is 2.37 bits per heavy atom. The zero-order valence-corrected chi connectivity index (χ0v) is 10.3. The fourth-order valence-electron chi connectivity index (χ4n) is 1.19. The van der Waals surface area contributed by atoms with E-state index < -0.39 is 42.5 Å². The first kappa shape index (κ1) is 15.2. The van der Waals surface area contributed by atoms with Crippen LogP contribution >= 0.6 is 10.7 Å². The van der Waals surface area contributed by atoms with E-state index in [-0.39, 0.29) is 6.29 Å². The van der Waals surface area contributed by atoms with Gasteiger partial charge in [0.05, 0.1) is 10.5 Å². The topological polar surface area (TPSA) is 104 Å². The van der Waals surface area contributed by atoms with Crippen LogP contribution in [0.5, 0.6) is 5.75 Å². The van der Waals surface area contributed by atoms with Gasteiger partial charge in [-0.3, -0.25) is 14.9 Å². The SMILES string of the molecule is O=Cc1cc([N+](=O)[O-])c(S(=O)(=O)Cl)cc1OC(F)F. The lowest BCUT2D eigenvalue weighted by molar-refractivity contribution is -0.387. The van der Waals surface area contributed by atoms with E-state index in [4.69, 9.17) is 10.7 Å². The third kappa shape index (κ3) is 3.58. The quantitative estimate of drug-likeness (QED) is 0.356. The molecule has 1 aromatic carbocycles. The van der Waals surface area contributed by atoms with Crippen LogP contribution in [0, 0.1) is 10.1 Å². The van der Waals surface area contributed by atoms with Crippen LogP contribution in [0.2, 0.25) is 0 Å². The monoisotopic (exact) mass is 315 g/mol. The van der Waals surface area contributed by atoms with Gasteiger partial charge in [0.1, 0.15) is 5.75 Å². The third-order valence-electron chi connectivity index (χ3n) is 1.89. The molecule has 0 aliphatic heterocycles. The molecule has 0 heterocycles. The number of halogens is 3. The number of rotatable bonds is 5. The number of ether oxygens (including phenoxy) is 1. The molecule has 0 atom stereocenters. The summed E-state index contributed by atoms with van der Waals surface area (Å²) in [5, 5.41) is 10.6. The highest BCUT2D eigenvalue weighted by Crippen LogP contribution is 2.33. The van der Waals surface area contributed by atoms with Crippen molar-refractivity contribution in [1.82, 2.24) is 0 Å². The average molecular weight is 316 g/mol. The fraction of sp³-hybridized carbons (Fsp3) is 0.125. The Labute approximate surface area is 109 Å². The molecule has 0 bridgehead atoms. The summed E-state index contributed by atoms with van der Waals surface area (Å²) in [4.78, 5) is 19.1. The first-order valence-electron chi connectivity index (χ1n) is 4.34. The third-order valence-corrected chi connectivity index (χ3v) is 3.24. The maximum absolute atomic E-state index is 12.1. The van der Waals surface area contributed by atoms with E-state index in [1.54, 1.807) is 0 Å². The number of hydrogen-bond acceptors (Lipinski definition) is 6. The Bertz CT molecular complexity index is 632. The summed E-state index contributed by atoms with van der Waals surface area (Å²) in [5.74, 6) is -0.824. The molecule has 0 amide bonds. The van der Waals surface area contributed by atoms with E-state index in [9.17, 15) is 32.1 Å². The van der Waals surface area contributed by atoms with Crippen molar-refractivity contribution in [2.45, 2.75) is 11.5 Å². The summed E-state index contributed by atoms with van der Waals surface area (Å²) in [7, 11) is 0.376. The molecule has 0 aromatic heterocycles. The lowest BCUT2D eigenvalue weighted by atomic mass is 10.2. The highest BCUT2D eigenvalue weighted by molar-refractivity contribution is 8.13. The summed E-state index contributed by atoms with van der Waals surface area (Å²) in [6, 6.07) is 0.885. The van der Waals surface area contributed by atoms with Crippen LogP contribution < -0.4 is 4.74 Å². The van der Waals surface area contributed by atoms with Crippen LogP contribution in [-0.2, 0) is 9.05 Å². The molecule has 0 saturated heterocycles. The maximum atomic E-state index is 12.1. The molecular weight excluding hydrogens is 312 g/mol. The zero-order valence-electron chi connectivity index (χ0n) is 8.75. The Hall–Kier alpha value is -1.81. The summed E-state index contributed by atoms with van der Waals surface area (Å²) in [6.45, 7) is -3.34. The van der Waals surface area contributed by atoms with Crippen molar-refractivity contribution in [1.29, 1.82) is 0 Å². The van der Waals surface area contributed by atoms with Crippen LogP contribution in [0.1, 0.15) is 10.4 Å².